The number of nitrogens with one attached hydrogen (secondary N) is 2. The molecule has 4 heteroatoms. The Morgan fingerprint density at radius 3 is 3.11 bits per heavy atom. The maximum Gasteiger partial charge on any atom is 0.135 e. The molecule has 1 saturated heterocycles. The zero-order valence-corrected chi connectivity index (χ0v) is 11.2. The summed E-state index contributed by atoms with van der Waals surface area (Å²) in [5.41, 5.74) is 0. The van der Waals surface area contributed by atoms with E-state index in [4.69, 9.17) is 0 Å². The van der Waals surface area contributed by atoms with Gasteiger partial charge in [-0.2, -0.15) is 0 Å². The molecular weight excluding hydrogens is 224 g/mol. The van der Waals surface area contributed by atoms with Crippen LogP contribution in [0.3, 0.4) is 0 Å². The van der Waals surface area contributed by atoms with Crippen molar-refractivity contribution >= 4 is 18.6 Å². The summed E-state index contributed by atoms with van der Waals surface area (Å²) in [5.74, 6) is 0.920. The Bertz CT molecular complexity index is 514. The second kappa shape index (κ2) is 5.87. The molecule has 18 heavy (non-hydrogen) atoms. The van der Waals surface area contributed by atoms with E-state index in [-0.39, 0.29) is 0 Å². The van der Waals surface area contributed by atoms with Crippen LogP contribution in [0, 0.1) is 0 Å². The number of hydrogen-bond donors (Lipinski definition) is 2. The Kier molecular flexibility index (Phi) is 4.20. The molecule has 4 nitrogen and oxygen atoms in total. The molecule has 98 valence electrons. The van der Waals surface area contributed by atoms with E-state index in [9.17, 15) is 0 Å². The van der Waals surface area contributed by atoms with Crippen LogP contribution in [-0.4, -0.2) is 42.3 Å². The van der Waals surface area contributed by atoms with Gasteiger partial charge in [-0.15, -0.1) is 0 Å². The van der Waals surface area contributed by atoms with Crippen LogP contribution < -0.4 is 15.9 Å². The highest BCUT2D eigenvalue weighted by atomic mass is 15.2. The maximum atomic E-state index is 4.45. The summed E-state index contributed by atoms with van der Waals surface area (Å²) in [4.78, 5) is 9.90. The number of aliphatic imine (C=N–C) groups is 1. The van der Waals surface area contributed by atoms with Crippen molar-refractivity contribution in [1.29, 1.82) is 0 Å². The van der Waals surface area contributed by atoms with Crippen LogP contribution in [0.5, 0.6) is 0 Å². The monoisotopic (exact) mass is 246 g/mol. The Hall–Kier alpha value is -1.55. The number of aromatic amines is 1. The highest BCUT2D eigenvalue weighted by Gasteiger charge is 2.17. The lowest BCUT2D eigenvalue weighted by atomic mass is 10.1. The Morgan fingerprint density at radius 2 is 2.50 bits per heavy atom. The molecule has 0 saturated carbocycles. The molecule has 1 aliphatic heterocycles. The van der Waals surface area contributed by atoms with E-state index in [0.29, 0.717) is 6.04 Å². The van der Waals surface area contributed by atoms with Gasteiger partial charge in [-0.25, -0.2) is 4.99 Å². The second-order valence-corrected chi connectivity index (χ2v) is 4.85. The Labute approximate surface area is 108 Å². The summed E-state index contributed by atoms with van der Waals surface area (Å²) in [6.45, 7) is 8.18. The van der Waals surface area contributed by atoms with Gasteiger partial charge in [0.25, 0.3) is 0 Å². The average Bonchev–Trinajstić information content (AvgIpc) is 2.75. The summed E-state index contributed by atoms with van der Waals surface area (Å²) in [7, 11) is 2.17. The fourth-order valence-electron chi connectivity index (χ4n) is 2.42. The zero-order chi connectivity index (χ0) is 13.0. The van der Waals surface area contributed by atoms with E-state index in [1.165, 1.54) is 19.4 Å². The SMILES string of the molecule is C=c1[nH]cc/c1=C(/N=C\C)NC1CCCN(C)C1. The lowest BCUT2D eigenvalue weighted by molar-refractivity contribution is 0.239. The van der Waals surface area contributed by atoms with E-state index in [1.807, 2.05) is 25.4 Å². The van der Waals surface area contributed by atoms with Gasteiger partial charge in [0.2, 0.25) is 0 Å². The molecular formula is C14H22N4. The molecule has 1 unspecified atom stereocenters. The van der Waals surface area contributed by atoms with Crippen LogP contribution in [-0.2, 0) is 0 Å². The summed E-state index contributed by atoms with van der Waals surface area (Å²) in [6.07, 6.45) is 6.16. The van der Waals surface area contributed by atoms with E-state index in [2.05, 4.69) is 33.8 Å². The Balaban J connectivity index is 2.23. The van der Waals surface area contributed by atoms with Gasteiger partial charge in [-0.05, 0) is 39.4 Å². The van der Waals surface area contributed by atoms with Crippen LogP contribution in [0.15, 0.2) is 17.3 Å². The number of rotatable bonds is 3. The number of piperidine rings is 1. The van der Waals surface area contributed by atoms with Gasteiger partial charge in [0, 0.05) is 35.6 Å². The minimum atomic E-state index is 0.469. The first-order chi connectivity index (χ1) is 8.70. The topological polar surface area (TPSA) is 43.4 Å². The standard InChI is InChI=1S/C14H22N4/c1-4-15-14(13-7-8-16-11(13)2)17-12-6-5-9-18(3)10-12/h4,7-8,12,16-17H,2,5-6,9-10H2,1,3H3/b14-13+,15-4-. The lowest BCUT2D eigenvalue weighted by Crippen LogP contribution is -2.44. The maximum absolute atomic E-state index is 4.45. The smallest absolute Gasteiger partial charge is 0.135 e. The first-order valence-electron chi connectivity index (χ1n) is 6.51. The quantitative estimate of drug-likeness (QED) is 0.752. The first kappa shape index (κ1) is 12.9. The first-order valence-corrected chi connectivity index (χ1v) is 6.51. The summed E-state index contributed by atoms with van der Waals surface area (Å²) in [5, 5.41) is 5.51. The van der Waals surface area contributed by atoms with Gasteiger partial charge in [-0.1, -0.05) is 6.58 Å². The zero-order valence-electron chi connectivity index (χ0n) is 11.2. The fraction of sp³-hybridized carbons (Fsp3) is 0.500. The number of likely N-dealkylation sites (N-methyl/N-ethyl adjacent to an activating group) is 1. The second-order valence-electron chi connectivity index (χ2n) is 4.85. The van der Waals surface area contributed by atoms with E-state index in [0.717, 1.165) is 22.9 Å². The number of nitrogens with zero attached hydrogens (tertiary/aromatic N) is 2. The number of H-pyrrole nitrogens is 1. The van der Waals surface area contributed by atoms with E-state index in [1.54, 1.807) is 0 Å². The van der Waals surface area contributed by atoms with Gasteiger partial charge < -0.3 is 15.2 Å². The van der Waals surface area contributed by atoms with E-state index >= 15 is 0 Å². The van der Waals surface area contributed by atoms with Gasteiger partial charge in [0.05, 0.1) is 0 Å². The van der Waals surface area contributed by atoms with Crippen molar-refractivity contribution in [1.82, 2.24) is 15.2 Å². The van der Waals surface area contributed by atoms with Crippen molar-refractivity contribution in [3.63, 3.8) is 0 Å². The van der Waals surface area contributed by atoms with Crippen LogP contribution in [0.4, 0.5) is 0 Å². The van der Waals surface area contributed by atoms with Crippen LogP contribution in [0.25, 0.3) is 12.4 Å². The third-order valence-corrected chi connectivity index (χ3v) is 3.31. The molecule has 1 aliphatic rings. The van der Waals surface area contributed by atoms with Crippen LogP contribution in [0.1, 0.15) is 19.8 Å². The predicted molar refractivity (Wildman–Crippen MR) is 76.8 cm³/mol. The molecule has 1 aromatic heterocycles. The summed E-state index contributed by atoms with van der Waals surface area (Å²) < 4.78 is 0. The van der Waals surface area contributed by atoms with Crippen molar-refractivity contribution in [2.75, 3.05) is 20.1 Å². The molecule has 0 bridgehead atoms. The van der Waals surface area contributed by atoms with Crippen molar-refractivity contribution in [2.45, 2.75) is 25.8 Å². The largest absolute Gasteiger partial charge is 0.366 e. The Morgan fingerprint density at radius 1 is 1.67 bits per heavy atom. The molecule has 0 spiro atoms. The molecule has 0 aromatic carbocycles. The number of likely N-dealkylation sites (tertiary alicyclic amines) is 1. The van der Waals surface area contributed by atoms with Gasteiger partial charge in [-0.3, -0.25) is 0 Å². The normalized spacial score (nSPS) is 23.3. The minimum absolute atomic E-state index is 0.469. The molecule has 2 rings (SSSR count). The van der Waals surface area contributed by atoms with Gasteiger partial charge in [0.15, 0.2) is 0 Å². The summed E-state index contributed by atoms with van der Waals surface area (Å²) >= 11 is 0. The highest BCUT2D eigenvalue weighted by Crippen LogP contribution is 2.09. The van der Waals surface area contributed by atoms with E-state index < -0.39 is 0 Å². The third kappa shape index (κ3) is 3.01. The average molecular weight is 246 g/mol. The molecule has 1 aromatic rings. The van der Waals surface area contributed by atoms with Crippen molar-refractivity contribution < 1.29 is 0 Å². The minimum Gasteiger partial charge on any atom is -0.366 e. The number of aromatic nitrogens is 1. The van der Waals surface area contributed by atoms with Crippen molar-refractivity contribution in [3.8, 4) is 0 Å². The molecule has 0 aliphatic carbocycles. The number of hydrogen-bond acceptors (Lipinski definition) is 3. The van der Waals surface area contributed by atoms with Gasteiger partial charge in [0.1, 0.15) is 5.82 Å². The molecule has 2 N–H and O–H groups in total. The highest BCUT2D eigenvalue weighted by molar-refractivity contribution is 5.62. The van der Waals surface area contributed by atoms with Crippen LogP contribution in [0.2, 0.25) is 0 Å². The molecule has 1 atom stereocenters. The van der Waals surface area contributed by atoms with Gasteiger partial charge >= 0.3 is 0 Å². The molecule has 0 amide bonds. The van der Waals surface area contributed by atoms with Crippen molar-refractivity contribution in [2.24, 2.45) is 4.99 Å². The predicted octanol–water partition coefficient (Wildman–Crippen LogP) is 0.265. The fourth-order valence-corrected chi connectivity index (χ4v) is 2.42. The third-order valence-electron chi connectivity index (χ3n) is 3.31. The van der Waals surface area contributed by atoms with Crippen molar-refractivity contribution in [3.05, 3.63) is 22.8 Å². The summed E-state index contributed by atoms with van der Waals surface area (Å²) in [6, 6.07) is 2.49. The lowest BCUT2D eigenvalue weighted by Gasteiger charge is -2.30. The molecule has 2 heterocycles. The molecule has 0 radical (unpaired) electrons. The molecule has 1 fully saturated rings. The van der Waals surface area contributed by atoms with Crippen LogP contribution >= 0.6 is 0 Å².